The highest BCUT2D eigenvalue weighted by Gasteiger charge is 2.19. The molecule has 11 aromatic rings. The van der Waals surface area contributed by atoms with Gasteiger partial charge in [-0.15, -0.1) is 0 Å². The summed E-state index contributed by atoms with van der Waals surface area (Å²) in [5, 5.41) is 9.89. The van der Waals surface area contributed by atoms with Gasteiger partial charge in [-0.3, -0.25) is 4.57 Å². The number of hydrogen-bond acceptors (Lipinski definition) is 3. The van der Waals surface area contributed by atoms with Crippen molar-refractivity contribution in [2.24, 2.45) is 0 Å². The molecule has 0 N–H and O–H groups in total. The van der Waals surface area contributed by atoms with Crippen molar-refractivity contribution in [3.63, 3.8) is 0 Å². The minimum Gasteiger partial charge on any atom is -0.277 e. The van der Waals surface area contributed by atoms with Gasteiger partial charge in [0.2, 0.25) is 0 Å². The summed E-state index contributed by atoms with van der Waals surface area (Å²) in [5.41, 5.74) is 10.8. The van der Waals surface area contributed by atoms with Gasteiger partial charge >= 0.3 is 0 Å². The zero-order chi connectivity index (χ0) is 36.3. The molecule has 0 amide bonds. The fourth-order valence-electron chi connectivity index (χ4n) is 8.33. The van der Waals surface area contributed by atoms with Gasteiger partial charge in [0.25, 0.3) is 0 Å². The summed E-state index contributed by atoms with van der Waals surface area (Å²) in [4.78, 5) is 13.8. The largest absolute Gasteiger partial charge is 0.277 e. The van der Waals surface area contributed by atoms with Crippen molar-refractivity contribution in [3.8, 4) is 50.5 Å². The van der Waals surface area contributed by atoms with Crippen LogP contribution in [0.5, 0.6) is 0 Å². The van der Waals surface area contributed by atoms with Gasteiger partial charge in [0.15, 0.2) is 5.65 Å². The summed E-state index contributed by atoms with van der Waals surface area (Å²) in [7, 11) is 0. The molecule has 0 fully saturated rings. The molecule has 0 unspecified atom stereocenters. The number of fused-ring (bicyclic) bond motifs is 5. The number of hydrogen-bond donors (Lipinski definition) is 0. The first-order chi connectivity index (χ1) is 27.3. The Balaban J connectivity index is 1.13. The molecule has 2 aromatic heterocycles. The molecule has 2 heterocycles. The summed E-state index contributed by atoms with van der Waals surface area (Å²) in [5.74, 6) is 0.836. The van der Waals surface area contributed by atoms with Crippen LogP contribution in [0.3, 0.4) is 0 Å². The Hall–Kier alpha value is -7.43. The fraction of sp³-hybridized carbons (Fsp3) is 0. The van der Waals surface area contributed by atoms with Gasteiger partial charge in [-0.1, -0.05) is 152 Å². The van der Waals surface area contributed by atoms with E-state index in [-0.39, 0.29) is 0 Å². The molecule has 0 aliphatic heterocycles. The summed E-state index contributed by atoms with van der Waals surface area (Å²) >= 11 is 0. The second-order valence-corrected chi connectivity index (χ2v) is 14.1. The molecule has 11 rings (SSSR count). The van der Waals surface area contributed by atoms with E-state index in [0.29, 0.717) is 0 Å². The smallest absolute Gasteiger partial charge is 0.168 e. The standard InChI is InChI=1S/C51H32N4/c1-2-12-36(13-3-1)50-54-47-31-52-32-53-51(47)55(50)42-25-22-35(23-26-42)39-24-27-45-46(30-39)49(41-21-19-34-11-5-7-15-38(34)29-41)44-17-9-8-16-43(44)48(45)40-20-18-33-10-4-6-14-37(33)28-40/h1-32H. The van der Waals surface area contributed by atoms with Gasteiger partial charge in [-0.25, -0.2) is 15.0 Å². The van der Waals surface area contributed by atoms with Crippen molar-refractivity contribution in [3.05, 3.63) is 195 Å². The molecule has 0 atom stereocenters. The third kappa shape index (κ3) is 5.19. The van der Waals surface area contributed by atoms with Crippen LogP contribution in [0, 0.1) is 0 Å². The predicted octanol–water partition coefficient (Wildman–Crippen LogP) is 13.1. The van der Waals surface area contributed by atoms with Gasteiger partial charge < -0.3 is 0 Å². The number of benzene rings is 9. The Labute approximate surface area is 317 Å². The molecule has 9 aromatic carbocycles. The first-order valence-corrected chi connectivity index (χ1v) is 18.6. The quantitative estimate of drug-likeness (QED) is 0.168. The summed E-state index contributed by atoms with van der Waals surface area (Å²) < 4.78 is 2.12. The molecule has 0 saturated carbocycles. The van der Waals surface area contributed by atoms with Crippen LogP contribution in [0.1, 0.15) is 0 Å². The lowest BCUT2D eigenvalue weighted by Crippen LogP contribution is -1.99. The lowest BCUT2D eigenvalue weighted by molar-refractivity contribution is 1.07. The van der Waals surface area contributed by atoms with E-state index in [1.807, 2.05) is 18.2 Å². The van der Waals surface area contributed by atoms with Gasteiger partial charge in [-0.2, -0.15) is 0 Å². The van der Waals surface area contributed by atoms with Crippen molar-refractivity contribution >= 4 is 54.3 Å². The number of nitrogens with zero attached hydrogens (tertiary/aromatic N) is 4. The highest BCUT2D eigenvalue weighted by molar-refractivity contribution is 6.22. The lowest BCUT2D eigenvalue weighted by atomic mass is 9.84. The molecule has 0 bridgehead atoms. The molecule has 0 saturated heterocycles. The van der Waals surface area contributed by atoms with Crippen LogP contribution >= 0.6 is 0 Å². The molecule has 256 valence electrons. The maximum absolute atomic E-state index is 4.94. The Morgan fingerprint density at radius 1 is 0.382 bits per heavy atom. The van der Waals surface area contributed by atoms with E-state index in [0.717, 1.165) is 39.4 Å². The zero-order valence-electron chi connectivity index (χ0n) is 29.8. The van der Waals surface area contributed by atoms with Crippen molar-refractivity contribution in [2.45, 2.75) is 0 Å². The van der Waals surface area contributed by atoms with E-state index in [4.69, 9.17) is 4.98 Å². The molecule has 55 heavy (non-hydrogen) atoms. The third-order valence-corrected chi connectivity index (χ3v) is 10.9. The topological polar surface area (TPSA) is 43.6 Å². The average Bonchev–Trinajstić information content (AvgIpc) is 3.65. The summed E-state index contributed by atoms with van der Waals surface area (Å²) in [6.07, 6.45) is 3.36. The number of rotatable bonds is 5. The van der Waals surface area contributed by atoms with E-state index < -0.39 is 0 Å². The fourth-order valence-corrected chi connectivity index (χ4v) is 8.33. The Morgan fingerprint density at radius 2 is 0.927 bits per heavy atom. The first kappa shape index (κ1) is 31.1. The molecular formula is C51H32N4. The van der Waals surface area contributed by atoms with Gasteiger partial charge in [0.05, 0.1) is 6.20 Å². The highest BCUT2D eigenvalue weighted by atomic mass is 15.1. The van der Waals surface area contributed by atoms with E-state index >= 15 is 0 Å². The maximum atomic E-state index is 4.94. The maximum Gasteiger partial charge on any atom is 0.168 e. The molecule has 0 aliphatic carbocycles. The zero-order valence-corrected chi connectivity index (χ0v) is 29.8. The van der Waals surface area contributed by atoms with Crippen LogP contribution in [-0.2, 0) is 0 Å². The second-order valence-electron chi connectivity index (χ2n) is 14.1. The molecule has 0 radical (unpaired) electrons. The van der Waals surface area contributed by atoms with Crippen molar-refractivity contribution in [2.75, 3.05) is 0 Å². The lowest BCUT2D eigenvalue weighted by Gasteiger charge is -2.19. The highest BCUT2D eigenvalue weighted by Crippen LogP contribution is 2.46. The number of imidazole rings is 1. The van der Waals surface area contributed by atoms with Crippen molar-refractivity contribution in [1.29, 1.82) is 0 Å². The normalized spacial score (nSPS) is 11.6. The molecule has 4 nitrogen and oxygen atoms in total. The van der Waals surface area contributed by atoms with Gasteiger partial charge in [-0.05, 0) is 107 Å². The Bertz CT molecular complexity index is 3250. The third-order valence-electron chi connectivity index (χ3n) is 10.9. The van der Waals surface area contributed by atoms with Gasteiger partial charge in [0, 0.05) is 11.3 Å². The second kappa shape index (κ2) is 12.6. The van der Waals surface area contributed by atoms with Crippen molar-refractivity contribution < 1.29 is 0 Å². The van der Waals surface area contributed by atoms with E-state index in [1.165, 1.54) is 65.3 Å². The minimum absolute atomic E-state index is 0.760. The van der Waals surface area contributed by atoms with Gasteiger partial charge in [0.1, 0.15) is 17.7 Å². The Morgan fingerprint density at radius 3 is 1.60 bits per heavy atom. The Kier molecular flexibility index (Phi) is 7.14. The predicted molar refractivity (Wildman–Crippen MR) is 228 cm³/mol. The van der Waals surface area contributed by atoms with Crippen LogP contribution in [-0.4, -0.2) is 19.5 Å². The minimum atomic E-state index is 0.760. The van der Waals surface area contributed by atoms with E-state index in [1.54, 1.807) is 12.5 Å². The molecule has 4 heteroatoms. The average molecular weight is 701 g/mol. The van der Waals surface area contributed by atoms with Crippen LogP contribution < -0.4 is 0 Å². The number of aromatic nitrogens is 4. The van der Waals surface area contributed by atoms with Crippen molar-refractivity contribution in [1.82, 2.24) is 19.5 Å². The SMILES string of the molecule is c1ccc(-c2nc3cncnc3n2-c2ccc(-c3ccc4c(-c5ccc6ccccc6c5)c5ccccc5c(-c5ccc6ccccc6c5)c4c3)cc2)cc1. The van der Waals surface area contributed by atoms with E-state index in [2.05, 4.69) is 178 Å². The molecular weight excluding hydrogens is 669 g/mol. The summed E-state index contributed by atoms with van der Waals surface area (Å²) in [6, 6.07) is 65.9. The molecule has 0 aliphatic rings. The van der Waals surface area contributed by atoms with Crippen LogP contribution in [0.4, 0.5) is 0 Å². The van der Waals surface area contributed by atoms with E-state index in [9.17, 15) is 0 Å². The van der Waals surface area contributed by atoms with Crippen LogP contribution in [0.15, 0.2) is 195 Å². The monoisotopic (exact) mass is 700 g/mol. The first-order valence-electron chi connectivity index (χ1n) is 18.6. The molecule has 0 spiro atoms. The van der Waals surface area contributed by atoms with Crippen LogP contribution in [0.2, 0.25) is 0 Å². The van der Waals surface area contributed by atoms with Crippen LogP contribution in [0.25, 0.3) is 105 Å². The summed E-state index contributed by atoms with van der Waals surface area (Å²) in [6.45, 7) is 0.